The van der Waals surface area contributed by atoms with Gasteiger partial charge in [0.25, 0.3) is 0 Å². The topological polar surface area (TPSA) is 95.9 Å². The van der Waals surface area contributed by atoms with Crippen molar-refractivity contribution in [3.8, 4) is 0 Å². The first kappa shape index (κ1) is 89.3. The molecule has 91 heavy (non-hydrogen) atoms. The van der Waals surface area contributed by atoms with Gasteiger partial charge in [0, 0.05) is 12.8 Å². The number of amides is 1. The number of esters is 1. The fraction of sp³-hybridized carbons (Fsp3) is 0.929. The summed E-state index contributed by atoms with van der Waals surface area (Å²) in [5.74, 6) is -0.0135. The van der Waals surface area contributed by atoms with Crippen LogP contribution in [0.1, 0.15) is 483 Å². The van der Waals surface area contributed by atoms with E-state index in [1.54, 1.807) is 0 Å². The standard InChI is InChI=1S/C85H165NO5/c1-3-5-7-9-11-13-15-17-19-20-21-22-38-41-44-47-50-53-57-61-65-69-73-77-83(88)82(81-87)86-84(89)78-74-70-66-62-58-54-51-48-45-42-39-36-34-32-30-28-26-24-23-25-27-29-31-33-35-37-40-43-46-49-52-56-60-64-68-72-76-80-91-85(90)79-75-71-67-63-59-55-18-16-14-12-10-8-6-4-2/h10,12,16,18,82-83,87-88H,3-9,11,13-15,17,19-81H2,1-2H3,(H,86,89)/b12-10-,18-16-. The lowest BCUT2D eigenvalue weighted by Crippen LogP contribution is -2.45. The third-order valence-corrected chi connectivity index (χ3v) is 20.0. The number of nitrogens with one attached hydrogen (secondary N) is 1. The van der Waals surface area contributed by atoms with E-state index in [0.29, 0.717) is 25.9 Å². The number of hydrogen-bond acceptors (Lipinski definition) is 5. The van der Waals surface area contributed by atoms with E-state index in [9.17, 15) is 19.8 Å². The SMILES string of the molecule is CCCC/C=C\C/C=C\CCCCCCCC(=O)OCCCCCCCCCCCCCCCCCCCCCCCCCCCCCCCCCCCCCCCC(=O)NC(CO)C(O)CCCCCCCCCCCCCCCCCCCCCCCCC. The summed E-state index contributed by atoms with van der Waals surface area (Å²) in [6.07, 6.45) is 104. The molecule has 0 aliphatic rings. The Morgan fingerprint density at radius 1 is 0.308 bits per heavy atom. The van der Waals surface area contributed by atoms with Gasteiger partial charge in [-0.05, 0) is 51.4 Å². The Kier molecular flexibility index (Phi) is 79.3. The van der Waals surface area contributed by atoms with E-state index in [2.05, 4.69) is 43.5 Å². The lowest BCUT2D eigenvalue weighted by Gasteiger charge is -2.22. The molecule has 0 fully saturated rings. The number of rotatable bonds is 80. The largest absolute Gasteiger partial charge is 0.466 e. The summed E-state index contributed by atoms with van der Waals surface area (Å²) in [5.41, 5.74) is 0. The van der Waals surface area contributed by atoms with Gasteiger partial charge in [-0.2, -0.15) is 0 Å². The Hall–Kier alpha value is -1.66. The van der Waals surface area contributed by atoms with Crippen molar-refractivity contribution in [3.05, 3.63) is 24.3 Å². The van der Waals surface area contributed by atoms with Crippen LogP contribution in [0.4, 0.5) is 0 Å². The highest BCUT2D eigenvalue weighted by Crippen LogP contribution is 2.21. The minimum atomic E-state index is -0.661. The Morgan fingerprint density at radius 3 is 0.868 bits per heavy atom. The Labute approximate surface area is 571 Å². The van der Waals surface area contributed by atoms with Crippen molar-refractivity contribution in [1.82, 2.24) is 5.32 Å². The fourth-order valence-electron chi connectivity index (χ4n) is 13.6. The lowest BCUT2D eigenvalue weighted by molar-refractivity contribution is -0.143. The quantitative estimate of drug-likeness (QED) is 0.0320. The van der Waals surface area contributed by atoms with Gasteiger partial charge in [0.2, 0.25) is 5.91 Å². The molecule has 0 spiro atoms. The van der Waals surface area contributed by atoms with Crippen molar-refractivity contribution in [2.24, 2.45) is 0 Å². The number of carbonyl (C=O) groups is 2. The summed E-state index contributed by atoms with van der Waals surface area (Å²) in [6.45, 7) is 4.96. The predicted molar refractivity (Wildman–Crippen MR) is 403 cm³/mol. The second-order valence-electron chi connectivity index (χ2n) is 29.2. The number of aliphatic hydroxyl groups is 2. The van der Waals surface area contributed by atoms with Crippen molar-refractivity contribution in [2.75, 3.05) is 13.2 Å². The maximum Gasteiger partial charge on any atom is 0.305 e. The van der Waals surface area contributed by atoms with Gasteiger partial charge in [-0.1, -0.05) is 443 Å². The Morgan fingerprint density at radius 2 is 0.560 bits per heavy atom. The smallest absolute Gasteiger partial charge is 0.305 e. The summed E-state index contributed by atoms with van der Waals surface area (Å²) >= 11 is 0. The van der Waals surface area contributed by atoms with Crippen molar-refractivity contribution < 1.29 is 24.5 Å². The van der Waals surface area contributed by atoms with Gasteiger partial charge in [-0.15, -0.1) is 0 Å². The first-order chi connectivity index (χ1) is 45.0. The van der Waals surface area contributed by atoms with Gasteiger partial charge in [0.05, 0.1) is 25.4 Å². The maximum absolute atomic E-state index is 12.6. The number of allylic oxidation sites excluding steroid dienone is 4. The molecule has 1 amide bonds. The highest BCUT2D eigenvalue weighted by molar-refractivity contribution is 5.76. The van der Waals surface area contributed by atoms with Gasteiger partial charge in [0.15, 0.2) is 0 Å². The van der Waals surface area contributed by atoms with Gasteiger partial charge in [0.1, 0.15) is 0 Å². The zero-order valence-electron chi connectivity index (χ0n) is 62.1. The van der Waals surface area contributed by atoms with Crippen LogP contribution >= 0.6 is 0 Å². The van der Waals surface area contributed by atoms with E-state index < -0.39 is 12.1 Å². The second kappa shape index (κ2) is 80.8. The molecule has 0 aliphatic carbocycles. The minimum absolute atomic E-state index is 0.00963. The number of aliphatic hydroxyl groups excluding tert-OH is 2. The Balaban J connectivity index is 3.31. The van der Waals surface area contributed by atoms with E-state index in [1.165, 1.54) is 398 Å². The zero-order chi connectivity index (χ0) is 65.6. The molecule has 0 radical (unpaired) electrons. The van der Waals surface area contributed by atoms with Crippen LogP contribution in [-0.4, -0.2) is 47.4 Å². The summed E-state index contributed by atoms with van der Waals surface area (Å²) in [6, 6.07) is -0.538. The molecule has 0 bridgehead atoms. The first-order valence-corrected chi connectivity index (χ1v) is 42.1. The molecular formula is C85H165NO5. The average molecular weight is 1280 g/mol. The highest BCUT2D eigenvalue weighted by atomic mass is 16.5. The molecule has 2 unspecified atom stereocenters. The van der Waals surface area contributed by atoms with Crippen LogP contribution in [0.25, 0.3) is 0 Å². The Bertz CT molecular complexity index is 1430. The highest BCUT2D eigenvalue weighted by Gasteiger charge is 2.20. The number of carbonyl (C=O) groups excluding carboxylic acids is 2. The summed E-state index contributed by atoms with van der Waals surface area (Å²) in [5, 5.41) is 23.5. The molecular weight excluding hydrogens is 1110 g/mol. The summed E-state index contributed by atoms with van der Waals surface area (Å²) in [7, 11) is 0. The van der Waals surface area contributed by atoms with Gasteiger partial charge >= 0.3 is 5.97 Å². The van der Waals surface area contributed by atoms with Crippen LogP contribution in [-0.2, 0) is 14.3 Å². The molecule has 0 aromatic carbocycles. The van der Waals surface area contributed by atoms with Crippen LogP contribution in [0.5, 0.6) is 0 Å². The fourth-order valence-corrected chi connectivity index (χ4v) is 13.6. The molecule has 540 valence electrons. The van der Waals surface area contributed by atoms with Crippen molar-refractivity contribution in [1.29, 1.82) is 0 Å². The van der Waals surface area contributed by atoms with Crippen LogP contribution in [0.15, 0.2) is 24.3 Å². The van der Waals surface area contributed by atoms with Crippen LogP contribution in [0, 0.1) is 0 Å². The number of ether oxygens (including phenoxy) is 1. The second-order valence-corrected chi connectivity index (χ2v) is 29.2. The van der Waals surface area contributed by atoms with E-state index >= 15 is 0 Å². The van der Waals surface area contributed by atoms with E-state index in [0.717, 1.165) is 51.4 Å². The monoisotopic (exact) mass is 1280 g/mol. The summed E-state index contributed by atoms with van der Waals surface area (Å²) in [4.78, 5) is 24.7. The van der Waals surface area contributed by atoms with Crippen LogP contribution < -0.4 is 5.32 Å². The first-order valence-electron chi connectivity index (χ1n) is 42.1. The van der Waals surface area contributed by atoms with E-state index in [4.69, 9.17) is 4.74 Å². The van der Waals surface area contributed by atoms with Crippen LogP contribution in [0.3, 0.4) is 0 Å². The zero-order valence-corrected chi connectivity index (χ0v) is 62.1. The van der Waals surface area contributed by atoms with E-state index in [-0.39, 0.29) is 18.5 Å². The predicted octanol–water partition coefficient (Wildman–Crippen LogP) is 28.0. The molecule has 0 heterocycles. The molecule has 0 aromatic heterocycles. The molecule has 6 nitrogen and oxygen atoms in total. The molecule has 0 rings (SSSR count). The van der Waals surface area contributed by atoms with E-state index in [1.807, 2.05) is 0 Å². The average Bonchev–Trinajstić information content (AvgIpc) is 3.66. The third-order valence-electron chi connectivity index (χ3n) is 20.0. The van der Waals surface area contributed by atoms with Crippen molar-refractivity contribution >= 4 is 11.9 Å². The molecule has 0 saturated carbocycles. The van der Waals surface area contributed by atoms with Crippen molar-refractivity contribution in [2.45, 2.75) is 495 Å². The number of unbranched alkanes of at least 4 members (excludes halogenated alkanes) is 65. The summed E-state index contributed by atoms with van der Waals surface area (Å²) < 4.78 is 5.49. The molecule has 3 N–H and O–H groups in total. The minimum Gasteiger partial charge on any atom is -0.466 e. The lowest BCUT2D eigenvalue weighted by atomic mass is 10.0. The van der Waals surface area contributed by atoms with Gasteiger partial charge < -0.3 is 20.3 Å². The molecule has 6 heteroatoms. The molecule has 2 atom stereocenters. The maximum atomic E-state index is 12.6. The molecule has 0 aromatic rings. The van der Waals surface area contributed by atoms with Gasteiger partial charge in [-0.25, -0.2) is 0 Å². The van der Waals surface area contributed by atoms with Gasteiger partial charge in [-0.3, -0.25) is 9.59 Å². The number of hydrogen-bond donors (Lipinski definition) is 3. The van der Waals surface area contributed by atoms with Crippen LogP contribution in [0.2, 0.25) is 0 Å². The van der Waals surface area contributed by atoms with Crippen molar-refractivity contribution in [3.63, 3.8) is 0 Å². The molecule has 0 saturated heterocycles. The third kappa shape index (κ3) is 77.2. The normalized spacial score (nSPS) is 12.5. The molecule has 0 aliphatic heterocycles.